The number of benzene rings is 2. The van der Waals surface area contributed by atoms with Gasteiger partial charge in [0.25, 0.3) is 11.8 Å². The fourth-order valence-corrected chi connectivity index (χ4v) is 2.17. The molecule has 0 unspecified atom stereocenters. The first-order valence-electron chi connectivity index (χ1n) is 7.53. The van der Waals surface area contributed by atoms with Gasteiger partial charge < -0.3 is 4.74 Å². The molecule has 2 aromatic carbocycles. The van der Waals surface area contributed by atoms with Crippen molar-refractivity contribution in [3.8, 4) is 5.75 Å². The van der Waals surface area contributed by atoms with Gasteiger partial charge in [0.05, 0.1) is 0 Å². The summed E-state index contributed by atoms with van der Waals surface area (Å²) in [6, 6.07) is 14.0. The number of carbonyl (C=O) groups excluding carboxylic acids is 2. The number of ether oxygens (including phenoxy) is 1. The van der Waals surface area contributed by atoms with E-state index in [0.29, 0.717) is 22.3 Å². The number of hydrazine groups is 1. The van der Waals surface area contributed by atoms with Crippen LogP contribution in [0.3, 0.4) is 0 Å². The molecule has 0 aromatic heterocycles. The molecular weight excluding hydrogens is 328 g/mol. The molecule has 0 radical (unpaired) electrons. The number of hydrogen-bond acceptors (Lipinski definition) is 3. The van der Waals surface area contributed by atoms with E-state index in [1.54, 1.807) is 24.3 Å². The lowest BCUT2D eigenvalue weighted by molar-refractivity contribution is -0.123. The lowest BCUT2D eigenvalue weighted by Gasteiger charge is -2.11. The van der Waals surface area contributed by atoms with E-state index in [0.717, 1.165) is 5.56 Å². The second kappa shape index (κ2) is 8.36. The number of rotatable bonds is 5. The van der Waals surface area contributed by atoms with Crippen molar-refractivity contribution in [1.82, 2.24) is 10.9 Å². The molecule has 24 heavy (non-hydrogen) atoms. The monoisotopic (exact) mass is 346 g/mol. The molecule has 0 saturated carbocycles. The zero-order chi connectivity index (χ0) is 17.5. The molecule has 0 aliphatic rings. The first-order chi connectivity index (χ1) is 11.5. The van der Waals surface area contributed by atoms with Crippen LogP contribution >= 0.6 is 11.6 Å². The summed E-state index contributed by atoms with van der Waals surface area (Å²) >= 11 is 5.82. The highest BCUT2D eigenvalue weighted by Crippen LogP contribution is 2.19. The molecule has 0 fully saturated rings. The SMILES string of the molecule is CC(C)c1cccc(OCC(=O)NNC(=O)c2cccc(Cl)c2)c1. The standard InChI is InChI=1S/C18H19ClN2O3/c1-12(2)13-5-4-8-16(10-13)24-11-17(22)20-21-18(23)14-6-3-7-15(19)9-14/h3-10,12H,11H2,1-2H3,(H,20,22)(H,21,23). The van der Waals surface area contributed by atoms with Crippen molar-refractivity contribution in [3.63, 3.8) is 0 Å². The number of halogens is 1. The largest absolute Gasteiger partial charge is 0.484 e. The van der Waals surface area contributed by atoms with E-state index in [9.17, 15) is 9.59 Å². The topological polar surface area (TPSA) is 67.4 Å². The molecule has 126 valence electrons. The lowest BCUT2D eigenvalue weighted by Crippen LogP contribution is -2.43. The fourth-order valence-electron chi connectivity index (χ4n) is 1.98. The van der Waals surface area contributed by atoms with Crippen molar-refractivity contribution in [2.45, 2.75) is 19.8 Å². The van der Waals surface area contributed by atoms with Gasteiger partial charge in [0.15, 0.2) is 6.61 Å². The summed E-state index contributed by atoms with van der Waals surface area (Å²) in [6.45, 7) is 3.96. The Hall–Kier alpha value is -2.53. The summed E-state index contributed by atoms with van der Waals surface area (Å²) in [5.41, 5.74) is 6.10. The van der Waals surface area contributed by atoms with Crippen molar-refractivity contribution in [2.75, 3.05) is 6.61 Å². The minimum Gasteiger partial charge on any atom is -0.484 e. The van der Waals surface area contributed by atoms with Gasteiger partial charge in [0.1, 0.15) is 5.75 Å². The van der Waals surface area contributed by atoms with Crippen LogP contribution in [0.25, 0.3) is 0 Å². The highest BCUT2D eigenvalue weighted by Gasteiger charge is 2.09. The van der Waals surface area contributed by atoms with Gasteiger partial charge in [-0.15, -0.1) is 0 Å². The van der Waals surface area contributed by atoms with Crippen LogP contribution in [0.4, 0.5) is 0 Å². The van der Waals surface area contributed by atoms with Crippen molar-refractivity contribution >= 4 is 23.4 Å². The predicted octanol–water partition coefficient (Wildman–Crippen LogP) is 3.30. The van der Waals surface area contributed by atoms with Crippen LogP contribution in [0.5, 0.6) is 5.75 Å². The van der Waals surface area contributed by atoms with E-state index in [1.165, 1.54) is 6.07 Å². The Morgan fingerprint density at radius 1 is 1.08 bits per heavy atom. The highest BCUT2D eigenvalue weighted by molar-refractivity contribution is 6.30. The maximum Gasteiger partial charge on any atom is 0.276 e. The van der Waals surface area contributed by atoms with Crippen LogP contribution in [0.2, 0.25) is 5.02 Å². The Balaban J connectivity index is 1.81. The average molecular weight is 347 g/mol. The van der Waals surface area contributed by atoms with E-state index < -0.39 is 11.8 Å². The maximum absolute atomic E-state index is 11.9. The van der Waals surface area contributed by atoms with Gasteiger partial charge in [-0.3, -0.25) is 20.4 Å². The number of nitrogens with one attached hydrogen (secondary N) is 2. The molecule has 0 bridgehead atoms. The second-order valence-electron chi connectivity index (χ2n) is 5.53. The predicted molar refractivity (Wildman–Crippen MR) is 93.1 cm³/mol. The van der Waals surface area contributed by atoms with Crippen LogP contribution < -0.4 is 15.6 Å². The van der Waals surface area contributed by atoms with Crippen molar-refractivity contribution in [1.29, 1.82) is 0 Å². The third kappa shape index (κ3) is 5.28. The molecule has 2 amide bonds. The third-order valence-corrected chi connectivity index (χ3v) is 3.53. The van der Waals surface area contributed by atoms with Crippen molar-refractivity contribution in [3.05, 3.63) is 64.7 Å². The highest BCUT2D eigenvalue weighted by atomic mass is 35.5. The summed E-state index contributed by atoms with van der Waals surface area (Å²) in [6.07, 6.45) is 0. The Bertz CT molecular complexity index is 732. The molecule has 5 nitrogen and oxygen atoms in total. The van der Waals surface area contributed by atoms with Gasteiger partial charge >= 0.3 is 0 Å². The lowest BCUT2D eigenvalue weighted by atomic mass is 10.0. The Labute approximate surface area is 145 Å². The Morgan fingerprint density at radius 3 is 2.54 bits per heavy atom. The summed E-state index contributed by atoms with van der Waals surface area (Å²) in [7, 11) is 0. The van der Waals surface area contributed by atoms with Crippen LogP contribution in [-0.4, -0.2) is 18.4 Å². The second-order valence-corrected chi connectivity index (χ2v) is 5.96. The minimum atomic E-state index is -0.458. The van der Waals surface area contributed by atoms with E-state index in [1.807, 2.05) is 18.2 Å². The van der Waals surface area contributed by atoms with Crippen molar-refractivity contribution in [2.24, 2.45) is 0 Å². The summed E-state index contributed by atoms with van der Waals surface area (Å²) in [5, 5.41) is 0.447. The van der Waals surface area contributed by atoms with E-state index in [2.05, 4.69) is 24.7 Å². The quantitative estimate of drug-likeness (QED) is 0.816. The number of carbonyl (C=O) groups is 2. The number of hydrogen-bond donors (Lipinski definition) is 2. The third-order valence-electron chi connectivity index (χ3n) is 3.30. The van der Waals surface area contributed by atoms with Crippen LogP contribution in [0, 0.1) is 0 Å². The van der Waals surface area contributed by atoms with Gasteiger partial charge in [0, 0.05) is 10.6 Å². The summed E-state index contributed by atoms with van der Waals surface area (Å²) < 4.78 is 5.43. The molecule has 2 aromatic rings. The smallest absolute Gasteiger partial charge is 0.276 e. The number of amides is 2. The van der Waals surface area contributed by atoms with Crippen molar-refractivity contribution < 1.29 is 14.3 Å². The maximum atomic E-state index is 11.9. The summed E-state index contributed by atoms with van der Waals surface area (Å²) in [5.74, 6) is 0.0739. The zero-order valence-corrected chi connectivity index (χ0v) is 14.3. The van der Waals surface area contributed by atoms with E-state index >= 15 is 0 Å². The molecule has 6 heteroatoms. The van der Waals surface area contributed by atoms with Gasteiger partial charge in [-0.2, -0.15) is 0 Å². The average Bonchev–Trinajstić information content (AvgIpc) is 2.58. The molecule has 0 aliphatic heterocycles. The molecule has 0 spiro atoms. The fraction of sp³-hybridized carbons (Fsp3) is 0.222. The molecule has 0 heterocycles. The molecule has 2 rings (SSSR count). The Morgan fingerprint density at radius 2 is 1.83 bits per heavy atom. The van der Waals surface area contributed by atoms with E-state index in [4.69, 9.17) is 16.3 Å². The molecule has 0 atom stereocenters. The zero-order valence-electron chi connectivity index (χ0n) is 13.5. The Kier molecular flexibility index (Phi) is 6.21. The first-order valence-corrected chi connectivity index (χ1v) is 7.91. The van der Waals surface area contributed by atoms with Gasteiger partial charge in [-0.25, -0.2) is 0 Å². The molecule has 2 N–H and O–H groups in total. The minimum absolute atomic E-state index is 0.197. The van der Waals surface area contributed by atoms with Crippen LogP contribution in [-0.2, 0) is 4.79 Å². The van der Waals surface area contributed by atoms with Gasteiger partial charge in [0.2, 0.25) is 0 Å². The molecule has 0 saturated heterocycles. The van der Waals surface area contributed by atoms with Crippen LogP contribution in [0.15, 0.2) is 48.5 Å². The van der Waals surface area contributed by atoms with Gasteiger partial charge in [-0.1, -0.05) is 43.6 Å². The summed E-state index contributed by atoms with van der Waals surface area (Å²) in [4.78, 5) is 23.6. The van der Waals surface area contributed by atoms with E-state index in [-0.39, 0.29) is 6.61 Å². The first kappa shape index (κ1) is 17.8. The normalized spacial score (nSPS) is 10.3. The van der Waals surface area contributed by atoms with Gasteiger partial charge in [-0.05, 0) is 41.8 Å². The molecular formula is C18H19ClN2O3. The van der Waals surface area contributed by atoms with Crippen LogP contribution in [0.1, 0.15) is 35.7 Å². The molecule has 0 aliphatic carbocycles.